The normalized spacial score (nSPS) is 20.4. The molecule has 0 aliphatic carbocycles. The second-order valence-electron chi connectivity index (χ2n) is 5.11. The summed E-state index contributed by atoms with van der Waals surface area (Å²) in [7, 11) is 4.25. The standard InChI is InChI=1S/C12H17ClN6/c1-17(2)9-4-3-5-18(7-9)11-6-10(13)16-12-14-8-15-19(11)12/h6,8-9H,3-5,7H2,1-2H3. The minimum atomic E-state index is 0.461. The van der Waals surface area contributed by atoms with E-state index in [1.165, 1.54) is 19.2 Å². The molecule has 1 unspecified atom stereocenters. The van der Waals surface area contributed by atoms with Crippen molar-refractivity contribution < 1.29 is 0 Å². The molecule has 1 saturated heterocycles. The van der Waals surface area contributed by atoms with Gasteiger partial charge < -0.3 is 9.80 Å². The summed E-state index contributed by atoms with van der Waals surface area (Å²) in [5, 5.41) is 4.69. The van der Waals surface area contributed by atoms with E-state index in [4.69, 9.17) is 11.6 Å². The predicted octanol–water partition coefficient (Wildman–Crippen LogP) is 1.31. The molecule has 0 bridgehead atoms. The van der Waals surface area contributed by atoms with Gasteiger partial charge in [-0.15, -0.1) is 0 Å². The summed E-state index contributed by atoms with van der Waals surface area (Å²) in [5.74, 6) is 1.52. The molecule has 0 radical (unpaired) electrons. The third kappa shape index (κ3) is 2.37. The van der Waals surface area contributed by atoms with Gasteiger partial charge in [-0.25, -0.2) is 0 Å². The van der Waals surface area contributed by atoms with E-state index in [1.54, 1.807) is 4.52 Å². The molecule has 7 heteroatoms. The molecule has 1 atom stereocenters. The summed E-state index contributed by atoms with van der Waals surface area (Å²) < 4.78 is 1.75. The molecule has 1 fully saturated rings. The third-order valence-electron chi connectivity index (χ3n) is 3.65. The average molecular weight is 281 g/mol. The molecule has 6 nitrogen and oxygen atoms in total. The maximum Gasteiger partial charge on any atom is 0.255 e. The number of hydrogen-bond acceptors (Lipinski definition) is 5. The van der Waals surface area contributed by atoms with Crippen LogP contribution < -0.4 is 4.90 Å². The van der Waals surface area contributed by atoms with Crippen LogP contribution in [0.3, 0.4) is 0 Å². The van der Waals surface area contributed by atoms with E-state index in [9.17, 15) is 0 Å². The maximum absolute atomic E-state index is 6.07. The Kier molecular flexibility index (Phi) is 3.28. The Morgan fingerprint density at radius 1 is 1.42 bits per heavy atom. The van der Waals surface area contributed by atoms with E-state index in [2.05, 4.69) is 39.0 Å². The first kappa shape index (κ1) is 12.6. The number of likely N-dealkylation sites (N-methyl/N-ethyl adjacent to an activating group) is 1. The van der Waals surface area contributed by atoms with Gasteiger partial charge in [0.2, 0.25) is 0 Å². The molecule has 2 aromatic heterocycles. The number of rotatable bonds is 2. The lowest BCUT2D eigenvalue weighted by molar-refractivity contribution is 0.257. The smallest absolute Gasteiger partial charge is 0.255 e. The lowest BCUT2D eigenvalue weighted by Crippen LogP contribution is -2.45. The van der Waals surface area contributed by atoms with Gasteiger partial charge in [0.25, 0.3) is 5.78 Å². The van der Waals surface area contributed by atoms with Crippen molar-refractivity contribution in [1.29, 1.82) is 0 Å². The maximum atomic E-state index is 6.07. The molecular formula is C12H17ClN6. The largest absolute Gasteiger partial charge is 0.355 e. The fraction of sp³-hybridized carbons (Fsp3) is 0.583. The van der Waals surface area contributed by atoms with Crippen LogP contribution >= 0.6 is 11.6 Å². The molecule has 0 aromatic carbocycles. The van der Waals surface area contributed by atoms with E-state index < -0.39 is 0 Å². The molecule has 19 heavy (non-hydrogen) atoms. The molecule has 0 saturated carbocycles. The summed E-state index contributed by atoms with van der Waals surface area (Å²) in [6, 6.07) is 2.42. The summed E-state index contributed by atoms with van der Waals surface area (Å²) in [6.07, 6.45) is 3.90. The first-order chi connectivity index (χ1) is 9.15. The molecule has 0 spiro atoms. The van der Waals surface area contributed by atoms with Crippen LogP contribution in [-0.2, 0) is 0 Å². The zero-order valence-corrected chi connectivity index (χ0v) is 11.9. The molecule has 3 rings (SSSR count). The number of aromatic nitrogens is 4. The lowest BCUT2D eigenvalue weighted by Gasteiger charge is -2.37. The van der Waals surface area contributed by atoms with E-state index in [0.29, 0.717) is 17.0 Å². The summed E-state index contributed by atoms with van der Waals surface area (Å²) >= 11 is 6.07. The third-order valence-corrected chi connectivity index (χ3v) is 3.85. The average Bonchev–Trinajstić information content (AvgIpc) is 2.85. The summed E-state index contributed by atoms with van der Waals surface area (Å²) in [6.45, 7) is 1.99. The Balaban J connectivity index is 1.97. The monoisotopic (exact) mass is 280 g/mol. The summed E-state index contributed by atoms with van der Waals surface area (Å²) in [4.78, 5) is 12.9. The molecule has 0 N–H and O–H groups in total. The van der Waals surface area contributed by atoms with Crippen LogP contribution in [0.25, 0.3) is 5.78 Å². The quantitative estimate of drug-likeness (QED) is 0.777. The van der Waals surface area contributed by atoms with Gasteiger partial charge in [0.05, 0.1) is 0 Å². The van der Waals surface area contributed by atoms with Crippen molar-refractivity contribution in [3.8, 4) is 0 Å². The highest BCUT2D eigenvalue weighted by Gasteiger charge is 2.23. The number of piperidine rings is 1. The van der Waals surface area contributed by atoms with E-state index in [0.717, 1.165) is 18.9 Å². The van der Waals surface area contributed by atoms with Crippen LogP contribution in [0.4, 0.5) is 5.82 Å². The topological polar surface area (TPSA) is 49.6 Å². The van der Waals surface area contributed by atoms with Crippen LogP contribution in [0.5, 0.6) is 0 Å². The second kappa shape index (κ2) is 4.94. The van der Waals surface area contributed by atoms with Gasteiger partial charge in [0.15, 0.2) is 0 Å². The van der Waals surface area contributed by atoms with Crippen LogP contribution in [0, 0.1) is 0 Å². The Hall–Kier alpha value is -1.40. The van der Waals surface area contributed by atoms with Crippen LogP contribution in [0.1, 0.15) is 12.8 Å². The first-order valence-electron chi connectivity index (χ1n) is 6.43. The van der Waals surface area contributed by atoms with Gasteiger partial charge in [-0.1, -0.05) is 11.6 Å². The fourth-order valence-electron chi connectivity index (χ4n) is 2.58. The van der Waals surface area contributed by atoms with Gasteiger partial charge in [-0.05, 0) is 26.9 Å². The van der Waals surface area contributed by atoms with E-state index in [-0.39, 0.29) is 0 Å². The molecular weight excluding hydrogens is 264 g/mol. The van der Waals surface area contributed by atoms with Crippen molar-refractivity contribution in [3.05, 3.63) is 17.5 Å². The fourth-order valence-corrected chi connectivity index (χ4v) is 2.75. The van der Waals surface area contributed by atoms with Crippen molar-refractivity contribution in [2.75, 3.05) is 32.1 Å². The van der Waals surface area contributed by atoms with Crippen LogP contribution in [-0.4, -0.2) is 57.7 Å². The predicted molar refractivity (Wildman–Crippen MR) is 74.7 cm³/mol. The van der Waals surface area contributed by atoms with E-state index >= 15 is 0 Å². The highest BCUT2D eigenvalue weighted by Crippen LogP contribution is 2.23. The highest BCUT2D eigenvalue weighted by atomic mass is 35.5. The van der Waals surface area contributed by atoms with Gasteiger partial charge in [0.1, 0.15) is 17.3 Å². The first-order valence-corrected chi connectivity index (χ1v) is 6.80. The highest BCUT2D eigenvalue weighted by molar-refractivity contribution is 6.29. The van der Waals surface area contributed by atoms with Gasteiger partial charge in [-0.3, -0.25) is 0 Å². The second-order valence-corrected chi connectivity index (χ2v) is 5.50. The van der Waals surface area contributed by atoms with Crippen molar-refractivity contribution in [1.82, 2.24) is 24.5 Å². The Labute approximate surface area is 117 Å². The van der Waals surface area contributed by atoms with Gasteiger partial charge in [-0.2, -0.15) is 19.6 Å². The zero-order chi connectivity index (χ0) is 13.4. The minimum Gasteiger partial charge on any atom is -0.355 e. The molecule has 102 valence electrons. The molecule has 2 aromatic rings. The van der Waals surface area contributed by atoms with Crippen molar-refractivity contribution in [3.63, 3.8) is 0 Å². The number of halogens is 1. The van der Waals surface area contributed by atoms with Crippen molar-refractivity contribution >= 4 is 23.2 Å². The van der Waals surface area contributed by atoms with Crippen molar-refractivity contribution in [2.24, 2.45) is 0 Å². The molecule has 1 aliphatic rings. The Morgan fingerprint density at radius 3 is 3.05 bits per heavy atom. The number of fused-ring (bicyclic) bond motifs is 1. The van der Waals surface area contributed by atoms with E-state index in [1.807, 2.05) is 6.07 Å². The molecule has 3 heterocycles. The SMILES string of the molecule is CN(C)C1CCCN(c2cc(Cl)nc3ncnn23)C1. The van der Waals surface area contributed by atoms with Gasteiger partial charge >= 0.3 is 0 Å². The number of nitrogens with zero attached hydrogens (tertiary/aromatic N) is 6. The van der Waals surface area contributed by atoms with Crippen LogP contribution in [0.2, 0.25) is 5.15 Å². The van der Waals surface area contributed by atoms with Crippen LogP contribution in [0.15, 0.2) is 12.4 Å². The lowest BCUT2D eigenvalue weighted by atomic mass is 10.1. The zero-order valence-electron chi connectivity index (χ0n) is 11.1. The Morgan fingerprint density at radius 2 is 2.26 bits per heavy atom. The minimum absolute atomic E-state index is 0.461. The molecule has 0 amide bonds. The number of anilines is 1. The van der Waals surface area contributed by atoms with Crippen molar-refractivity contribution in [2.45, 2.75) is 18.9 Å². The number of hydrogen-bond donors (Lipinski definition) is 0. The molecule has 1 aliphatic heterocycles. The Bertz CT molecular complexity index is 581. The summed E-state index contributed by atoms with van der Waals surface area (Å²) in [5.41, 5.74) is 0. The van der Waals surface area contributed by atoms with Gasteiger partial charge in [0, 0.05) is 25.2 Å².